The van der Waals surface area contributed by atoms with Gasteiger partial charge in [-0.05, 0) is 30.3 Å². The third kappa shape index (κ3) is 4.12. The molecule has 1 fully saturated rings. The van der Waals surface area contributed by atoms with Crippen LogP contribution in [0.4, 0.5) is 17.2 Å². The van der Waals surface area contributed by atoms with E-state index in [-0.39, 0.29) is 0 Å². The molecule has 0 saturated carbocycles. The van der Waals surface area contributed by atoms with Crippen molar-refractivity contribution in [1.29, 1.82) is 0 Å². The van der Waals surface area contributed by atoms with Gasteiger partial charge in [-0.1, -0.05) is 47.6 Å². The summed E-state index contributed by atoms with van der Waals surface area (Å²) in [5.41, 5.74) is 8.20. The van der Waals surface area contributed by atoms with E-state index in [1.54, 1.807) is 18.1 Å². The molecule has 0 radical (unpaired) electrons. The highest BCUT2D eigenvalue weighted by atomic mass is 35.5. The minimum absolute atomic E-state index is 0.641. The molecule has 2 heterocycles. The molecule has 0 atom stereocenters. The van der Waals surface area contributed by atoms with E-state index < -0.39 is 0 Å². The van der Waals surface area contributed by atoms with Crippen molar-refractivity contribution >= 4 is 40.6 Å². The van der Waals surface area contributed by atoms with Crippen molar-refractivity contribution in [1.82, 2.24) is 9.97 Å². The molecule has 1 aliphatic heterocycles. The van der Waals surface area contributed by atoms with Gasteiger partial charge in [-0.15, -0.1) is 0 Å². The van der Waals surface area contributed by atoms with Crippen LogP contribution in [0, 0.1) is 0 Å². The predicted molar refractivity (Wildman–Crippen MR) is 113 cm³/mol. The summed E-state index contributed by atoms with van der Waals surface area (Å²) in [7, 11) is 0. The number of nitrogen functional groups attached to an aromatic ring is 1. The molecular weight excluding hydrogens is 378 g/mol. The number of hydrogen-bond donors (Lipinski definition) is 1. The van der Waals surface area contributed by atoms with Crippen molar-refractivity contribution in [2.45, 2.75) is 9.92 Å². The first kappa shape index (κ1) is 17.9. The smallest absolute Gasteiger partial charge is 0.156 e. The van der Waals surface area contributed by atoms with Crippen molar-refractivity contribution in [3.63, 3.8) is 0 Å². The van der Waals surface area contributed by atoms with Gasteiger partial charge in [0.05, 0.1) is 0 Å². The summed E-state index contributed by atoms with van der Waals surface area (Å²) in [5.74, 6) is 0.814. The van der Waals surface area contributed by atoms with Crippen LogP contribution in [0.2, 0.25) is 5.02 Å². The van der Waals surface area contributed by atoms with E-state index in [2.05, 4.69) is 38.0 Å². The van der Waals surface area contributed by atoms with E-state index >= 15 is 0 Å². The Kier molecular flexibility index (Phi) is 5.36. The zero-order chi connectivity index (χ0) is 18.6. The minimum Gasteiger partial charge on any atom is -0.394 e. The molecule has 0 amide bonds. The van der Waals surface area contributed by atoms with Gasteiger partial charge < -0.3 is 15.5 Å². The fourth-order valence-electron chi connectivity index (χ4n) is 3.15. The topological polar surface area (TPSA) is 58.3 Å². The predicted octanol–water partition coefficient (Wildman–Crippen LogP) is 4.19. The average Bonchev–Trinajstić information content (AvgIpc) is 2.71. The van der Waals surface area contributed by atoms with Crippen LogP contribution in [0.1, 0.15) is 0 Å². The molecule has 4 rings (SSSR count). The molecule has 2 aromatic carbocycles. The first-order valence-corrected chi connectivity index (χ1v) is 9.99. The average molecular weight is 398 g/mol. The Labute approximate surface area is 168 Å². The monoisotopic (exact) mass is 397 g/mol. The van der Waals surface area contributed by atoms with Crippen LogP contribution in [0.5, 0.6) is 0 Å². The van der Waals surface area contributed by atoms with E-state index in [1.165, 1.54) is 0 Å². The second kappa shape index (κ2) is 8.06. The number of anilines is 3. The number of rotatable bonds is 4. The minimum atomic E-state index is 0.641. The Hall–Kier alpha value is -2.44. The Balaban J connectivity index is 1.47. The molecule has 3 aromatic rings. The Bertz CT molecular complexity index is 913. The van der Waals surface area contributed by atoms with Gasteiger partial charge in [0, 0.05) is 41.8 Å². The summed E-state index contributed by atoms with van der Waals surface area (Å²) >= 11 is 7.68. The van der Waals surface area contributed by atoms with Crippen LogP contribution >= 0.6 is 23.4 Å². The number of piperazine rings is 1. The molecular formula is C20H20ClN5S. The van der Waals surface area contributed by atoms with Gasteiger partial charge in [0.15, 0.2) is 5.82 Å². The quantitative estimate of drug-likeness (QED) is 0.666. The van der Waals surface area contributed by atoms with E-state index in [0.717, 1.165) is 52.6 Å². The van der Waals surface area contributed by atoms with Gasteiger partial charge >= 0.3 is 0 Å². The van der Waals surface area contributed by atoms with Gasteiger partial charge in [-0.25, -0.2) is 9.97 Å². The van der Waals surface area contributed by atoms with E-state index in [9.17, 15) is 0 Å². The third-order valence-electron chi connectivity index (χ3n) is 4.54. The maximum atomic E-state index is 6.41. The van der Waals surface area contributed by atoms with Crippen LogP contribution in [-0.4, -0.2) is 36.1 Å². The van der Waals surface area contributed by atoms with Crippen LogP contribution in [0.3, 0.4) is 0 Å². The fourth-order valence-corrected chi connectivity index (χ4v) is 4.16. The van der Waals surface area contributed by atoms with Crippen LogP contribution < -0.4 is 15.5 Å². The molecule has 1 aliphatic rings. The Morgan fingerprint density at radius 3 is 2.37 bits per heavy atom. The summed E-state index contributed by atoms with van der Waals surface area (Å²) in [6.45, 7) is 3.49. The van der Waals surface area contributed by atoms with Gasteiger partial charge in [0.25, 0.3) is 0 Å². The summed E-state index contributed by atoms with van der Waals surface area (Å²) in [6, 6.07) is 18.1. The molecule has 0 aliphatic carbocycles. The van der Waals surface area contributed by atoms with Crippen molar-refractivity contribution < 1.29 is 0 Å². The lowest BCUT2D eigenvalue weighted by Crippen LogP contribution is -2.47. The maximum absolute atomic E-state index is 6.41. The lowest BCUT2D eigenvalue weighted by atomic mass is 10.2. The Morgan fingerprint density at radius 1 is 0.889 bits per heavy atom. The summed E-state index contributed by atoms with van der Waals surface area (Å²) in [5, 5.41) is 1.56. The van der Waals surface area contributed by atoms with Crippen LogP contribution in [-0.2, 0) is 0 Å². The third-order valence-corrected chi connectivity index (χ3v) is 5.80. The largest absolute Gasteiger partial charge is 0.394 e. The van der Waals surface area contributed by atoms with Crippen molar-refractivity contribution in [3.05, 3.63) is 65.9 Å². The molecule has 7 heteroatoms. The number of hydrogen-bond acceptors (Lipinski definition) is 6. The number of nitrogens with zero attached hydrogens (tertiary/aromatic N) is 4. The van der Waals surface area contributed by atoms with Gasteiger partial charge in [0.1, 0.15) is 17.0 Å². The maximum Gasteiger partial charge on any atom is 0.156 e. The SMILES string of the molecule is Nc1c(Sc2ccccc2)ncnc1N1CCN(c2cccc(Cl)c2)CC1. The highest BCUT2D eigenvalue weighted by molar-refractivity contribution is 7.99. The lowest BCUT2D eigenvalue weighted by Gasteiger charge is -2.37. The highest BCUT2D eigenvalue weighted by Crippen LogP contribution is 2.34. The van der Waals surface area contributed by atoms with Gasteiger partial charge in [-0.2, -0.15) is 0 Å². The van der Waals surface area contributed by atoms with E-state index in [4.69, 9.17) is 17.3 Å². The molecule has 0 bridgehead atoms. The molecule has 0 spiro atoms. The zero-order valence-corrected chi connectivity index (χ0v) is 16.3. The van der Waals surface area contributed by atoms with Crippen LogP contribution in [0.25, 0.3) is 0 Å². The normalized spacial score (nSPS) is 14.4. The lowest BCUT2D eigenvalue weighted by molar-refractivity contribution is 0.646. The molecule has 1 aromatic heterocycles. The number of halogens is 1. The first-order valence-electron chi connectivity index (χ1n) is 8.79. The Morgan fingerprint density at radius 2 is 1.63 bits per heavy atom. The number of aromatic nitrogens is 2. The zero-order valence-electron chi connectivity index (χ0n) is 14.8. The molecule has 1 saturated heterocycles. The summed E-state index contributed by atoms with van der Waals surface area (Å²) in [6.07, 6.45) is 1.60. The number of nitrogens with two attached hydrogens (primary N) is 1. The van der Waals surface area contributed by atoms with Gasteiger partial charge in [0.2, 0.25) is 0 Å². The van der Waals surface area contributed by atoms with E-state index in [0.29, 0.717) is 5.69 Å². The molecule has 5 nitrogen and oxygen atoms in total. The summed E-state index contributed by atoms with van der Waals surface area (Å²) < 4.78 is 0. The molecule has 138 valence electrons. The standard InChI is InChI=1S/C20H20ClN5S/c21-15-5-4-6-16(13-15)25-9-11-26(12-10-25)19-18(22)20(24-14-23-19)27-17-7-2-1-3-8-17/h1-8,13-14H,9-12,22H2. The van der Waals surface area contributed by atoms with Crippen molar-refractivity contribution in [2.75, 3.05) is 41.7 Å². The van der Waals surface area contributed by atoms with Crippen LogP contribution in [0.15, 0.2) is 70.8 Å². The van der Waals surface area contributed by atoms with Crippen molar-refractivity contribution in [3.8, 4) is 0 Å². The first-order chi connectivity index (χ1) is 13.2. The molecule has 27 heavy (non-hydrogen) atoms. The highest BCUT2D eigenvalue weighted by Gasteiger charge is 2.21. The number of benzene rings is 2. The second-order valence-electron chi connectivity index (χ2n) is 6.29. The van der Waals surface area contributed by atoms with Crippen molar-refractivity contribution in [2.24, 2.45) is 0 Å². The molecule has 0 unspecified atom stereocenters. The fraction of sp³-hybridized carbons (Fsp3) is 0.200. The summed E-state index contributed by atoms with van der Waals surface area (Å²) in [4.78, 5) is 14.5. The van der Waals surface area contributed by atoms with E-state index in [1.807, 2.05) is 36.4 Å². The van der Waals surface area contributed by atoms with Gasteiger partial charge in [-0.3, -0.25) is 0 Å². The second-order valence-corrected chi connectivity index (χ2v) is 7.78. The molecule has 2 N–H and O–H groups in total.